The lowest BCUT2D eigenvalue weighted by atomic mass is 9.90. The zero-order chi connectivity index (χ0) is 15.2. The largest absolute Gasteiger partial charge is 0.309 e. The predicted octanol–water partition coefficient (Wildman–Crippen LogP) is 3.95. The molecule has 1 unspecified atom stereocenters. The SMILES string of the molecule is CC(C)CC(NCC(C)(C)CN(C)C)c1ccccc1. The Hall–Kier alpha value is -0.860. The molecule has 114 valence electrons. The van der Waals surface area contributed by atoms with Crippen molar-refractivity contribution in [3.05, 3.63) is 35.9 Å². The Morgan fingerprint density at radius 3 is 2.20 bits per heavy atom. The predicted molar refractivity (Wildman–Crippen MR) is 89.0 cm³/mol. The quantitative estimate of drug-likeness (QED) is 0.773. The minimum Gasteiger partial charge on any atom is -0.309 e. The van der Waals surface area contributed by atoms with Crippen LogP contribution in [0.2, 0.25) is 0 Å². The summed E-state index contributed by atoms with van der Waals surface area (Å²) in [6, 6.07) is 11.3. The van der Waals surface area contributed by atoms with Crippen LogP contribution < -0.4 is 5.32 Å². The van der Waals surface area contributed by atoms with Gasteiger partial charge in [-0.1, -0.05) is 58.0 Å². The van der Waals surface area contributed by atoms with Gasteiger partial charge >= 0.3 is 0 Å². The van der Waals surface area contributed by atoms with Gasteiger partial charge < -0.3 is 10.2 Å². The third-order valence-electron chi connectivity index (χ3n) is 3.48. The summed E-state index contributed by atoms with van der Waals surface area (Å²) in [6.07, 6.45) is 1.18. The van der Waals surface area contributed by atoms with E-state index in [-0.39, 0.29) is 5.41 Å². The molecule has 1 aromatic carbocycles. The Morgan fingerprint density at radius 1 is 1.10 bits per heavy atom. The van der Waals surface area contributed by atoms with E-state index in [1.54, 1.807) is 0 Å². The molecular formula is C18H32N2. The minimum atomic E-state index is 0.285. The maximum atomic E-state index is 3.79. The lowest BCUT2D eigenvalue weighted by molar-refractivity contribution is 0.221. The standard InChI is InChI=1S/C18H32N2/c1-15(2)12-17(16-10-8-7-9-11-16)19-13-18(3,4)14-20(5)6/h7-11,15,17,19H,12-14H2,1-6H3. The highest BCUT2D eigenvalue weighted by Gasteiger charge is 2.21. The Balaban J connectivity index is 2.67. The number of hydrogen-bond donors (Lipinski definition) is 1. The molecule has 0 fully saturated rings. The highest BCUT2D eigenvalue weighted by molar-refractivity contribution is 5.19. The first-order valence-electron chi connectivity index (χ1n) is 7.73. The van der Waals surface area contributed by atoms with Crippen molar-refractivity contribution in [1.82, 2.24) is 10.2 Å². The highest BCUT2D eigenvalue weighted by Crippen LogP contribution is 2.23. The van der Waals surface area contributed by atoms with Crippen molar-refractivity contribution in [2.75, 3.05) is 27.2 Å². The summed E-state index contributed by atoms with van der Waals surface area (Å²) in [7, 11) is 4.29. The topological polar surface area (TPSA) is 15.3 Å². The highest BCUT2D eigenvalue weighted by atomic mass is 15.1. The maximum Gasteiger partial charge on any atom is 0.0322 e. The minimum absolute atomic E-state index is 0.285. The molecule has 2 heteroatoms. The van der Waals surface area contributed by atoms with Crippen LogP contribution >= 0.6 is 0 Å². The molecule has 2 nitrogen and oxygen atoms in total. The van der Waals surface area contributed by atoms with E-state index in [1.165, 1.54) is 12.0 Å². The van der Waals surface area contributed by atoms with Crippen LogP contribution in [0.5, 0.6) is 0 Å². The van der Waals surface area contributed by atoms with Gasteiger partial charge in [-0.2, -0.15) is 0 Å². The van der Waals surface area contributed by atoms with Crippen molar-refractivity contribution in [3.63, 3.8) is 0 Å². The Kier molecular flexibility index (Phi) is 6.70. The normalized spacial score (nSPS) is 14.0. The van der Waals surface area contributed by atoms with Gasteiger partial charge in [-0.15, -0.1) is 0 Å². The van der Waals surface area contributed by atoms with Crippen LogP contribution in [0.15, 0.2) is 30.3 Å². The molecule has 0 saturated heterocycles. The van der Waals surface area contributed by atoms with Gasteiger partial charge in [0.05, 0.1) is 0 Å². The fourth-order valence-electron chi connectivity index (χ4n) is 2.81. The van der Waals surface area contributed by atoms with E-state index in [0.717, 1.165) is 13.1 Å². The van der Waals surface area contributed by atoms with E-state index >= 15 is 0 Å². The van der Waals surface area contributed by atoms with Crippen molar-refractivity contribution in [3.8, 4) is 0 Å². The van der Waals surface area contributed by atoms with Crippen LogP contribution in [-0.4, -0.2) is 32.1 Å². The first-order valence-corrected chi connectivity index (χ1v) is 7.73. The Bertz CT molecular complexity index is 368. The van der Waals surface area contributed by atoms with Crippen LogP contribution in [0.3, 0.4) is 0 Å². The summed E-state index contributed by atoms with van der Waals surface area (Å²) < 4.78 is 0. The average Bonchev–Trinajstić information content (AvgIpc) is 2.33. The van der Waals surface area contributed by atoms with Gasteiger partial charge in [-0.25, -0.2) is 0 Å². The summed E-state index contributed by atoms with van der Waals surface area (Å²) in [5, 5.41) is 3.79. The van der Waals surface area contributed by atoms with E-state index in [1.807, 2.05) is 0 Å². The van der Waals surface area contributed by atoms with Gasteiger partial charge in [-0.3, -0.25) is 0 Å². The molecule has 0 aromatic heterocycles. The molecule has 1 atom stereocenters. The van der Waals surface area contributed by atoms with Crippen molar-refractivity contribution in [2.24, 2.45) is 11.3 Å². The van der Waals surface area contributed by atoms with Gasteiger partial charge in [0.15, 0.2) is 0 Å². The number of nitrogens with one attached hydrogen (secondary N) is 1. The zero-order valence-corrected chi connectivity index (χ0v) is 14.1. The molecule has 0 aliphatic rings. The molecule has 1 aromatic rings. The summed E-state index contributed by atoms with van der Waals surface area (Å²) in [6.45, 7) is 11.4. The van der Waals surface area contributed by atoms with E-state index in [9.17, 15) is 0 Å². The first kappa shape index (κ1) is 17.2. The third kappa shape index (κ3) is 6.53. The van der Waals surface area contributed by atoms with Crippen molar-refractivity contribution >= 4 is 0 Å². The molecule has 0 bridgehead atoms. The maximum absolute atomic E-state index is 3.79. The van der Waals surface area contributed by atoms with Gasteiger partial charge in [0.2, 0.25) is 0 Å². The third-order valence-corrected chi connectivity index (χ3v) is 3.48. The molecule has 0 aliphatic carbocycles. The average molecular weight is 276 g/mol. The van der Waals surface area contributed by atoms with Gasteiger partial charge in [0.25, 0.3) is 0 Å². The molecule has 20 heavy (non-hydrogen) atoms. The van der Waals surface area contributed by atoms with Gasteiger partial charge in [-0.05, 0) is 37.4 Å². The number of nitrogens with zero attached hydrogens (tertiary/aromatic N) is 1. The molecule has 0 heterocycles. The number of hydrogen-bond acceptors (Lipinski definition) is 2. The first-order chi connectivity index (χ1) is 9.30. The fraction of sp³-hybridized carbons (Fsp3) is 0.667. The van der Waals surface area contributed by atoms with Crippen molar-refractivity contribution < 1.29 is 0 Å². The fourth-order valence-corrected chi connectivity index (χ4v) is 2.81. The van der Waals surface area contributed by atoms with E-state index in [0.29, 0.717) is 12.0 Å². The molecule has 0 saturated carbocycles. The molecule has 0 amide bonds. The summed E-state index contributed by atoms with van der Waals surface area (Å²) in [5.41, 5.74) is 1.69. The number of rotatable bonds is 8. The summed E-state index contributed by atoms with van der Waals surface area (Å²) >= 11 is 0. The van der Waals surface area contributed by atoms with E-state index in [4.69, 9.17) is 0 Å². The molecule has 0 aliphatic heterocycles. The van der Waals surface area contributed by atoms with Crippen LogP contribution in [-0.2, 0) is 0 Å². The second-order valence-electron chi connectivity index (χ2n) is 7.38. The molecular weight excluding hydrogens is 244 g/mol. The lowest BCUT2D eigenvalue weighted by Crippen LogP contribution is -2.39. The van der Waals surface area contributed by atoms with E-state index < -0.39 is 0 Å². The van der Waals surface area contributed by atoms with Crippen LogP contribution in [0.1, 0.15) is 45.7 Å². The smallest absolute Gasteiger partial charge is 0.0322 e. The molecule has 1 rings (SSSR count). The molecule has 0 radical (unpaired) electrons. The summed E-state index contributed by atoms with van der Waals surface area (Å²) in [5.74, 6) is 0.699. The summed E-state index contributed by atoms with van der Waals surface area (Å²) in [4.78, 5) is 2.27. The lowest BCUT2D eigenvalue weighted by Gasteiger charge is -2.31. The second kappa shape index (κ2) is 7.80. The van der Waals surface area contributed by atoms with Crippen molar-refractivity contribution in [2.45, 2.75) is 40.2 Å². The van der Waals surface area contributed by atoms with Crippen LogP contribution in [0, 0.1) is 11.3 Å². The van der Waals surface area contributed by atoms with Crippen molar-refractivity contribution in [1.29, 1.82) is 0 Å². The van der Waals surface area contributed by atoms with E-state index in [2.05, 4.69) is 82.3 Å². The zero-order valence-electron chi connectivity index (χ0n) is 14.1. The second-order valence-corrected chi connectivity index (χ2v) is 7.38. The Morgan fingerprint density at radius 2 is 1.70 bits per heavy atom. The van der Waals surface area contributed by atoms with Crippen LogP contribution in [0.25, 0.3) is 0 Å². The monoisotopic (exact) mass is 276 g/mol. The van der Waals surface area contributed by atoms with Gasteiger partial charge in [0.1, 0.15) is 0 Å². The number of benzene rings is 1. The molecule has 1 N–H and O–H groups in total. The van der Waals surface area contributed by atoms with Crippen LogP contribution in [0.4, 0.5) is 0 Å². The Labute approximate surface area is 125 Å². The molecule has 0 spiro atoms. The van der Waals surface area contributed by atoms with Gasteiger partial charge in [0, 0.05) is 19.1 Å².